The molecule has 0 unspecified atom stereocenters. The predicted octanol–water partition coefficient (Wildman–Crippen LogP) is 7.61. The van der Waals surface area contributed by atoms with Gasteiger partial charge in [-0.2, -0.15) is 0 Å². The van der Waals surface area contributed by atoms with Crippen molar-refractivity contribution < 1.29 is 9.53 Å². The molecule has 4 rings (SSSR count). The number of carbonyl (C=O) groups is 1. The van der Waals surface area contributed by atoms with Crippen LogP contribution in [0.5, 0.6) is 0 Å². The van der Waals surface area contributed by atoms with E-state index in [0.717, 1.165) is 74.5 Å². The number of imidazole rings is 1. The van der Waals surface area contributed by atoms with Crippen molar-refractivity contribution in [2.24, 2.45) is 0 Å². The van der Waals surface area contributed by atoms with E-state index in [1.165, 1.54) is 18.4 Å². The highest BCUT2D eigenvalue weighted by Crippen LogP contribution is 2.31. The van der Waals surface area contributed by atoms with Crippen LogP contribution in [0.15, 0.2) is 84.9 Å². The average molecular weight is 510 g/mol. The Morgan fingerprint density at radius 3 is 2.05 bits per heavy atom. The van der Waals surface area contributed by atoms with Crippen LogP contribution in [-0.2, 0) is 24.4 Å². The predicted molar refractivity (Wildman–Crippen MR) is 155 cm³/mol. The molecule has 0 saturated heterocycles. The Bertz CT molecular complexity index is 1280. The highest BCUT2D eigenvalue weighted by atomic mass is 16.5. The Hall–Kier alpha value is -3.70. The molecule has 0 N–H and O–H groups in total. The van der Waals surface area contributed by atoms with Gasteiger partial charge in [0, 0.05) is 30.8 Å². The number of ether oxygens (including phenoxy) is 1. The van der Waals surface area contributed by atoms with Crippen LogP contribution in [-0.4, -0.2) is 34.1 Å². The smallest absolute Gasteiger partial charge is 0.337 e. The second-order valence-corrected chi connectivity index (χ2v) is 9.72. The van der Waals surface area contributed by atoms with E-state index in [1.807, 2.05) is 24.3 Å². The molecule has 0 bridgehead atoms. The van der Waals surface area contributed by atoms with Gasteiger partial charge in [0.15, 0.2) is 0 Å². The van der Waals surface area contributed by atoms with Crippen molar-refractivity contribution in [2.75, 3.05) is 13.7 Å². The molecule has 1 heterocycles. The molecular formula is C33H39N3O2. The molecule has 0 spiro atoms. The third-order valence-electron chi connectivity index (χ3n) is 6.87. The van der Waals surface area contributed by atoms with E-state index in [9.17, 15) is 4.79 Å². The number of aromatic nitrogens is 2. The summed E-state index contributed by atoms with van der Waals surface area (Å²) in [6.45, 7) is 8.00. The normalized spacial score (nSPS) is 11.2. The summed E-state index contributed by atoms with van der Waals surface area (Å²) in [5.74, 6) is 0.728. The second-order valence-electron chi connectivity index (χ2n) is 9.72. The number of nitrogens with zero attached hydrogens (tertiary/aromatic N) is 3. The lowest BCUT2D eigenvalue weighted by atomic mass is 10.1. The zero-order chi connectivity index (χ0) is 26.7. The van der Waals surface area contributed by atoms with Gasteiger partial charge in [0.25, 0.3) is 0 Å². The zero-order valence-electron chi connectivity index (χ0n) is 22.9. The third-order valence-corrected chi connectivity index (χ3v) is 6.87. The van der Waals surface area contributed by atoms with Crippen LogP contribution in [0, 0.1) is 0 Å². The van der Waals surface area contributed by atoms with Crippen molar-refractivity contribution in [3.05, 3.63) is 102 Å². The molecule has 1 aromatic heterocycles. The van der Waals surface area contributed by atoms with Crippen molar-refractivity contribution in [3.8, 4) is 22.6 Å². The van der Waals surface area contributed by atoms with Gasteiger partial charge in [-0.3, -0.25) is 4.90 Å². The van der Waals surface area contributed by atoms with Crippen LogP contribution in [0.1, 0.15) is 61.1 Å². The summed E-state index contributed by atoms with van der Waals surface area (Å²) in [6, 6.07) is 28.9. The number of methoxy groups -OCH3 is 1. The van der Waals surface area contributed by atoms with E-state index in [2.05, 4.69) is 84.0 Å². The first-order valence-electron chi connectivity index (χ1n) is 13.7. The van der Waals surface area contributed by atoms with Gasteiger partial charge in [0.1, 0.15) is 5.82 Å². The second kappa shape index (κ2) is 13.7. The summed E-state index contributed by atoms with van der Waals surface area (Å²) in [6.07, 6.45) is 4.48. The van der Waals surface area contributed by atoms with Gasteiger partial charge in [-0.1, -0.05) is 99.5 Å². The minimum Gasteiger partial charge on any atom is -0.465 e. The number of benzene rings is 3. The average Bonchev–Trinajstić information content (AvgIpc) is 3.33. The molecule has 0 amide bonds. The Balaban J connectivity index is 1.74. The molecular weight excluding hydrogens is 470 g/mol. The van der Waals surface area contributed by atoms with Gasteiger partial charge in [0.05, 0.1) is 24.1 Å². The monoisotopic (exact) mass is 509 g/mol. The van der Waals surface area contributed by atoms with Gasteiger partial charge >= 0.3 is 5.97 Å². The van der Waals surface area contributed by atoms with Crippen LogP contribution in [0.2, 0.25) is 0 Å². The maximum Gasteiger partial charge on any atom is 0.337 e. The Morgan fingerprint density at radius 2 is 1.45 bits per heavy atom. The Labute approximate surface area is 227 Å². The molecule has 0 aliphatic rings. The SMILES string of the molecule is CCCCN(Cc1ccc(C(=O)OC)cc1)Cc1c(-c2ccccc2)nc(-c2ccccc2)n1CCCC. The van der Waals surface area contributed by atoms with E-state index in [1.54, 1.807) is 0 Å². The number of unbranched alkanes of at least 4 members (excludes halogenated alkanes) is 2. The van der Waals surface area contributed by atoms with Crippen molar-refractivity contribution in [3.63, 3.8) is 0 Å². The Morgan fingerprint density at radius 1 is 0.816 bits per heavy atom. The summed E-state index contributed by atoms with van der Waals surface area (Å²) in [5, 5.41) is 0. The maximum absolute atomic E-state index is 11.9. The molecule has 5 heteroatoms. The van der Waals surface area contributed by atoms with Gasteiger partial charge in [0.2, 0.25) is 0 Å². The number of hydrogen-bond donors (Lipinski definition) is 0. The number of esters is 1. The van der Waals surface area contributed by atoms with Crippen molar-refractivity contribution in [2.45, 2.75) is 59.2 Å². The molecule has 38 heavy (non-hydrogen) atoms. The summed E-state index contributed by atoms with van der Waals surface area (Å²) < 4.78 is 7.31. The van der Waals surface area contributed by atoms with Crippen LogP contribution in [0.4, 0.5) is 0 Å². The van der Waals surface area contributed by atoms with E-state index in [4.69, 9.17) is 9.72 Å². The minimum atomic E-state index is -0.305. The van der Waals surface area contributed by atoms with Crippen LogP contribution < -0.4 is 0 Å². The molecule has 5 nitrogen and oxygen atoms in total. The number of carbonyl (C=O) groups excluding carboxylic acids is 1. The molecule has 0 fully saturated rings. The lowest BCUT2D eigenvalue weighted by Gasteiger charge is -2.24. The molecule has 4 aromatic rings. The van der Waals surface area contributed by atoms with Crippen LogP contribution >= 0.6 is 0 Å². The van der Waals surface area contributed by atoms with Gasteiger partial charge in [-0.25, -0.2) is 9.78 Å². The molecule has 0 aliphatic heterocycles. The lowest BCUT2D eigenvalue weighted by Crippen LogP contribution is -2.26. The fourth-order valence-corrected chi connectivity index (χ4v) is 4.77. The zero-order valence-corrected chi connectivity index (χ0v) is 22.9. The first-order chi connectivity index (χ1) is 18.6. The summed E-state index contributed by atoms with van der Waals surface area (Å²) in [4.78, 5) is 19.7. The van der Waals surface area contributed by atoms with Crippen molar-refractivity contribution in [1.29, 1.82) is 0 Å². The van der Waals surface area contributed by atoms with Gasteiger partial charge in [-0.05, 0) is 37.1 Å². The summed E-state index contributed by atoms with van der Waals surface area (Å²) >= 11 is 0. The standard InChI is InChI=1S/C33H39N3O2/c1-4-6-22-35(24-26-18-20-29(21-19-26)33(37)38-3)25-30-31(27-14-10-8-11-15-27)34-32(36(30)23-7-5-2)28-16-12-9-13-17-28/h8-21H,4-7,22-25H2,1-3H3. The third kappa shape index (κ3) is 6.78. The summed E-state index contributed by atoms with van der Waals surface area (Å²) in [5.41, 5.74) is 6.36. The van der Waals surface area contributed by atoms with Crippen molar-refractivity contribution >= 4 is 5.97 Å². The van der Waals surface area contributed by atoms with E-state index in [-0.39, 0.29) is 5.97 Å². The first kappa shape index (κ1) is 27.3. The Kier molecular flexibility index (Phi) is 9.88. The number of rotatable bonds is 13. The molecule has 0 radical (unpaired) electrons. The highest BCUT2D eigenvalue weighted by molar-refractivity contribution is 5.89. The summed E-state index contributed by atoms with van der Waals surface area (Å²) in [7, 11) is 1.42. The number of hydrogen-bond acceptors (Lipinski definition) is 4. The molecule has 3 aromatic carbocycles. The quantitative estimate of drug-likeness (QED) is 0.174. The van der Waals surface area contributed by atoms with Gasteiger partial charge in [-0.15, -0.1) is 0 Å². The molecule has 0 saturated carbocycles. The fourth-order valence-electron chi connectivity index (χ4n) is 4.77. The first-order valence-corrected chi connectivity index (χ1v) is 13.7. The van der Waals surface area contributed by atoms with Crippen molar-refractivity contribution in [1.82, 2.24) is 14.5 Å². The van der Waals surface area contributed by atoms with E-state index < -0.39 is 0 Å². The molecule has 0 aliphatic carbocycles. The maximum atomic E-state index is 11.9. The fraction of sp³-hybridized carbons (Fsp3) is 0.333. The highest BCUT2D eigenvalue weighted by Gasteiger charge is 2.22. The minimum absolute atomic E-state index is 0.305. The molecule has 198 valence electrons. The van der Waals surface area contributed by atoms with E-state index >= 15 is 0 Å². The largest absolute Gasteiger partial charge is 0.465 e. The van der Waals surface area contributed by atoms with Gasteiger partial charge < -0.3 is 9.30 Å². The van der Waals surface area contributed by atoms with Crippen LogP contribution in [0.3, 0.4) is 0 Å². The topological polar surface area (TPSA) is 47.4 Å². The lowest BCUT2D eigenvalue weighted by molar-refractivity contribution is 0.0600. The van der Waals surface area contributed by atoms with Crippen LogP contribution in [0.25, 0.3) is 22.6 Å². The van der Waals surface area contributed by atoms with E-state index in [0.29, 0.717) is 5.56 Å². The molecule has 0 atom stereocenters.